The van der Waals surface area contributed by atoms with Gasteiger partial charge in [-0.15, -0.1) is 5.10 Å². The molecule has 1 heterocycles. The molecule has 6 heteroatoms. The van der Waals surface area contributed by atoms with E-state index in [1.807, 2.05) is 0 Å². The predicted molar refractivity (Wildman–Crippen MR) is 46.4 cm³/mol. The van der Waals surface area contributed by atoms with E-state index in [-0.39, 0.29) is 11.8 Å². The zero-order chi connectivity index (χ0) is 10.0. The van der Waals surface area contributed by atoms with Gasteiger partial charge in [0.2, 0.25) is 0 Å². The van der Waals surface area contributed by atoms with Gasteiger partial charge < -0.3 is 5.11 Å². The van der Waals surface area contributed by atoms with Crippen LogP contribution in [0.1, 0.15) is 25.7 Å². The summed E-state index contributed by atoms with van der Waals surface area (Å²) in [6, 6.07) is 0. The minimum Gasteiger partial charge on any atom is -0.481 e. The van der Waals surface area contributed by atoms with Crippen molar-refractivity contribution in [1.29, 1.82) is 0 Å². The molecule has 1 N–H and O–H groups in total. The van der Waals surface area contributed by atoms with E-state index in [1.54, 1.807) is 11.0 Å². The van der Waals surface area contributed by atoms with Crippen LogP contribution in [0.3, 0.4) is 0 Å². The molecular formula is C8H12N4O2. The zero-order valence-electron chi connectivity index (χ0n) is 7.76. The van der Waals surface area contributed by atoms with Crippen LogP contribution in [-0.2, 0) is 11.3 Å². The van der Waals surface area contributed by atoms with Gasteiger partial charge in [-0.25, -0.2) is 4.68 Å². The Morgan fingerprint density at radius 1 is 1.57 bits per heavy atom. The summed E-state index contributed by atoms with van der Waals surface area (Å²) in [6.45, 7) is 0.709. The van der Waals surface area contributed by atoms with Crippen LogP contribution < -0.4 is 0 Å². The Balaban J connectivity index is 1.83. The fourth-order valence-electron chi connectivity index (χ4n) is 1.65. The van der Waals surface area contributed by atoms with Gasteiger partial charge in [-0.3, -0.25) is 4.79 Å². The number of hydrogen-bond acceptors (Lipinski definition) is 4. The van der Waals surface area contributed by atoms with Gasteiger partial charge >= 0.3 is 5.97 Å². The topological polar surface area (TPSA) is 80.9 Å². The summed E-state index contributed by atoms with van der Waals surface area (Å²) in [5.74, 6) is -0.709. The van der Waals surface area contributed by atoms with Crippen molar-refractivity contribution in [3.8, 4) is 0 Å². The molecule has 14 heavy (non-hydrogen) atoms. The van der Waals surface area contributed by atoms with Crippen LogP contribution >= 0.6 is 0 Å². The first-order valence-electron chi connectivity index (χ1n) is 4.63. The zero-order valence-corrected chi connectivity index (χ0v) is 7.76. The molecule has 0 amide bonds. The van der Waals surface area contributed by atoms with Gasteiger partial charge in [-0.2, -0.15) is 0 Å². The number of carboxylic acids is 1. The Morgan fingerprint density at radius 3 is 2.86 bits per heavy atom. The maximum absolute atomic E-state index is 10.6. The Labute approximate surface area is 80.9 Å². The summed E-state index contributed by atoms with van der Waals surface area (Å²) in [4.78, 5) is 10.6. The fraction of sp³-hybridized carbons (Fsp3) is 0.750. The van der Waals surface area contributed by atoms with Crippen molar-refractivity contribution in [3.05, 3.63) is 6.33 Å². The van der Waals surface area contributed by atoms with E-state index in [1.165, 1.54) is 0 Å². The molecule has 0 radical (unpaired) electrons. The van der Waals surface area contributed by atoms with Crippen molar-refractivity contribution in [2.45, 2.75) is 32.2 Å². The second kappa shape index (κ2) is 3.36. The average Bonchev–Trinajstić information content (AvgIpc) is 2.68. The molecule has 0 atom stereocenters. The number of aromatic nitrogens is 4. The van der Waals surface area contributed by atoms with E-state index in [0.29, 0.717) is 6.54 Å². The summed E-state index contributed by atoms with van der Waals surface area (Å²) in [5, 5.41) is 19.5. The van der Waals surface area contributed by atoms with Crippen molar-refractivity contribution in [2.75, 3.05) is 0 Å². The third kappa shape index (κ3) is 2.07. The van der Waals surface area contributed by atoms with Gasteiger partial charge in [0.25, 0.3) is 0 Å². The van der Waals surface area contributed by atoms with E-state index in [2.05, 4.69) is 15.5 Å². The minimum atomic E-state index is -0.709. The standard InChI is InChI=1S/C8H12N4O2/c13-7(14)5-8(1-2-8)3-4-12-6-9-10-11-12/h6H,1-5H2,(H,13,14). The van der Waals surface area contributed by atoms with Crippen LogP contribution in [0, 0.1) is 5.41 Å². The molecule has 0 aliphatic heterocycles. The van der Waals surface area contributed by atoms with Crippen molar-refractivity contribution >= 4 is 5.97 Å². The Bertz CT molecular complexity index is 318. The summed E-state index contributed by atoms with van der Waals surface area (Å²) < 4.78 is 1.64. The van der Waals surface area contributed by atoms with E-state index in [4.69, 9.17) is 5.11 Å². The molecule has 1 aliphatic carbocycles. The minimum absolute atomic E-state index is 0.0256. The lowest BCUT2D eigenvalue weighted by atomic mass is 9.98. The molecule has 1 aromatic heterocycles. The van der Waals surface area contributed by atoms with Gasteiger partial charge in [0.15, 0.2) is 0 Å². The summed E-state index contributed by atoms with van der Waals surface area (Å²) >= 11 is 0. The molecule has 1 saturated carbocycles. The van der Waals surface area contributed by atoms with Crippen molar-refractivity contribution in [2.24, 2.45) is 5.41 Å². The monoisotopic (exact) mass is 196 g/mol. The van der Waals surface area contributed by atoms with E-state index in [9.17, 15) is 4.79 Å². The SMILES string of the molecule is O=C(O)CC1(CCn2cnnn2)CC1. The molecule has 1 fully saturated rings. The fourth-order valence-corrected chi connectivity index (χ4v) is 1.65. The number of carboxylic acid groups (broad SMARTS) is 1. The summed E-state index contributed by atoms with van der Waals surface area (Å²) in [5.41, 5.74) is 0.0256. The lowest BCUT2D eigenvalue weighted by molar-refractivity contribution is -0.138. The largest absolute Gasteiger partial charge is 0.481 e. The highest BCUT2D eigenvalue weighted by Crippen LogP contribution is 2.51. The van der Waals surface area contributed by atoms with Gasteiger partial charge in [0.1, 0.15) is 6.33 Å². The first kappa shape index (κ1) is 9.11. The van der Waals surface area contributed by atoms with Crippen LogP contribution in [0.25, 0.3) is 0 Å². The number of nitrogens with zero attached hydrogens (tertiary/aromatic N) is 4. The number of carbonyl (C=O) groups is 1. The number of aryl methyl sites for hydroxylation is 1. The third-order valence-corrected chi connectivity index (χ3v) is 2.75. The predicted octanol–water partition coefficient (Wildman–Crippen LogP) is 0.318. The lowest BCUT2D eigenvalue weighted by Gasteiger charge is -2.10. The van der Waals surface area contributed by atoms with Crippen molar-refractivity contribution < 1.29 is 9.90 Å². The maximum atomic E-state index is 10.6. The molecule has 0 unspecified atom stereocenters. The van der Waals surface area contributed by atoms with Gasteiger partial charge in [-0.1, -0.05) is 0 Å². The molecule has 0 bridgehead atoms. The number of aliphatic carboxylic acids is 1. The number of tetrazole rings is 1. The average molecular weight is 196 g/mol. The van der Waals surface area contributed by atoms with Crippen LogP contribution in [0.2, 0.25) is 0 Å². The van der Waals surface area contributed by atoms with Crippen molar-refractivity contribution in [1.82, 2.24) is 20.2 Å². The Morgan fingerprint density at radius 2 is 2.36 bits per heavy atom. The highest BCUT2D eigenvalue weighted by Gasteiger charge is 2.43. The smallest absolute Gasteiger partial charge is 0.303 e. The molecule has 1 aromatic rings. The number of hydrogen-bond donors (Lipinski definition) is 1. The molecule has 6 nitrogen and oxygen atoms in total. The van der Waals surface area contributed by atoms with Crippen molar-refractivity contribution in [3.63, 3.8) is 0 Å². The third-order valence-electron chi connectivity index (χ3n) is 2.75. The van der Waals surface area contributed by atoms with Gasteiger partial charge in [0.05, 0.1) is 6.42 Å². The van der Waals surface area contributed by atoms with E-state index in [0.717, 1.165) is 19.3 Å². The first-order chi connectivity index (χ1) is 6.70. The number of rotatable bonds is 5. The highest BCUT2D eigenvalue weighted by molar-refractivity contribution is 5.68. The Hall–Kier alpha value is -1.46. The van der Waals surface area contributed by atoms with Crippen LogP contribution in [0.4, 0.5) is 0 Å². The van der Waals surface area contributed by atoms with Gasteiger partial charge in [-0.05, 0) is 35.1 Å². The molecule has 1 aliphatic rings. The van der Waals surface area contributed by atoms with Crippen LogP contribution in [0.5, 0.6) is 0 Å². The second-order valence-corrected chi connectivity index (χ2v) is 3.89. The second-order valence-electron chi connectivity index (χ2n) is 3.89. The Kier molecular flexibility index (Phi) is 2.18. The van der Waals surface area contributed by atoms with Crippen LogP contribution in [-0.4, -0.2) is 31.3 Å². The molecule has 76 valence electrons. The summed E-state index contributed by atoms with van der Waals surface area (Å²) in [7, 11) is 0. The first-order valence-corrected chi connectivity index (χ1v) is 4.63. The molecule has 0 spiro atoms. The molecular weight excluding hydrogens is 184 g/mol. The highest BCUT2D eigenvalue weighted by atomic mass is 16.4. The quantitative estimate of drug-likeness (QED) is 0.733. The van der Waals surface area contributed by atoms with E-state index >= 15 is 0 Å². The van der Waals surface area contributed by atoms with Crippen LogP contribution in [0.15, 0.2) is 6.33 Å². The molecule has 0 saturated heterocycles. The molecule has 2 rings (SSSR count). The summed E-state index contributed by atoms with van der Waals surface area (Å²) in [6.07, 6.45) is 4.71. The van der Waals surface area contributed by atoms with E-state index < -0.39 is 5.97 Å². The molecule has 0 aromatic carbocycles. The normalized spacial score (nSPS) is 18.0. The lowest BCUT2D eigenvalue weighted by Crippen LogP contribution is -2.12. The van der Waals surface area contributed by atoms with Gasteiger partial charge in [0, 0.05) is 6.54 Å². The maximum Gasteiger partial charge on any atom is 0.303 e.